The van der Waals surface area contributed by atoms with Crippen molar-refractivity contribution in [1.29, 1.82) is 0 Å². The Hall–Kier alpha value is -11.0. The van der Waals surface area contributed by atoms with E-state index in [1.807, 2.05) is 18.2 Å². The third-order valence-electron chi connectivity index (χ3n) is 23.3. The molecule has 4 aliphatic rings. The Kier molecular flexibility index (Phi) is 25.2. The van der Waals surface area contributed by atoms with Gasteiger partial charge in [-0.05, 0) is 253 Å². The number of aromatic nitrogens is 8. The van der Waals surface area contributed by atoms with Crippen molar-refractivity contribution in [3.63, 3.8) is 0 Å². The molecule has 18 heteroatoms. The van der Waals surface area contributed by atoms with Gasteiger partial charge in [0.25, 0.3) is 0 Å². The number of esters is 5. The number of aromatic amines is 4. The van der Waals surface area contributed by atoms with Gasteiger partial charge in [0.2, 0.25) is 0 Å². The molecule has 4 aliphatic heterocycles. The van der Waals surface area contributed by atoms with Crippen LogP contribution in [0.5, 0.6) is 0 Å². The largest absolute Gasteiger partial charge is 0.469 e. The van der Waals surface area contributed by atoms with Crippen LogP contribution in [0.25, 0.3) is 110 Å². The van der Waals surface area contributed by atoms with Crippen molar-refractivity contribution in [1.82, 2.24) is 39.9 Å². The molecule has 0 unspecified atom stereocenters. The highest BCUT2D eigenvalue weighted by Gasteiger charge is 2.40. The Balaban J connectivity index is 0.000000218. The first-order chi connectivity index (χ1) is 53.1. The van der Waals surface area contributed by atoms with Crippen molar-refractivity contribution >= 4 is 129 Å². The van der Waals surface area contributed by atoms with Crippen LogP contribution in [0.15, 0.2) is 91.0 Å². The molecule has 0 saturated heterocycles. The highest BCUT2D eigenvalue weighted by atomic mass is 16.5. The van der Waals surface area contributed by atoms with E-state index >= 15 is 0 Å². The lowest BCUT2D eigenvalue weighted by atomic mass is 9.73. The van der Waals surface area contributed by atoms with Crippen LogP contribution in [0, 0.1) is 27.7 Å². The molecule has 580 valence electrons. The third-order valence-corrected chi connectivity index (χ3v) is 23.3. The Morgan fingerprint density at radius 1 is 0.414 bits per heavy atom. The monoisotopic (exact) mass is 1500 g/mol. The van der Waals surface area contributed by atoms with Gasteiger partial charge in [0.15, 0.2) is 0 Å². The number of benzene rings is 3. The first-order valence-electron chi connectivity index (χ1n) is 39.1. The zero-order chi connectivity index (χ0) is 78.6. The molecule has 0 saturated carbocycles. The van der Waals surface area contributed by atoms with Crippen LogP contribution in [0.2, 0.25) is 0 Å². The second-order valence-electron chi connectivity index (χ2n) is 28.9. The molecular weight excluding hydrogens is 1390 g/mol. The van der Waals surface area contributed by atoms with Gasteiger partial charge in [-0.2, -0.15) is 0 Å². The lowest BCUT2D eigenvalue weighted by Gasteiger charge is -2.28. The Bertz CT molecular complexity index is 5530. The van der Waals surface area contributed by atoms with Crippen molar-refractivity contribution in [3.8, 4) is 11.1 Å². The summed E-state index contributed by atoms with van der Waals surface area (Å²) in [7, 11) is 5.68. The standard InChI is InChI=1S/C47H54N4O6.C45H50N4O4.CH4/c1-10-30-32(12-3)46-45(36-17-15-14-16-29(36)25-57-28(7)52)47-33(13-4)31(11-2)40(51-47)23-38-27(6)35(19-21-44(54)56-9)42(49-38)24-41-34(18-20-43(53)55-8)26(5)37(48-41)22-39(30)50-46;1-9-28-29(10-2)43-42-32-16-14-13-15-27(32)21-33-44(42)49-39(45(33,11-3)12-4)24-35-26(6)31(18-20-41(51)53-8)38(47-35)23-37-30(17-19-40(50)52-7)25(5)34(46-37)22-36(28)48-43;/h14-17,22-24,48-49H,10-13,18-21,25H2,1-9H3;13-16,21-24,46-47H,9-12,17-20H2,1-8H3;1H4. The van der Waals surface area contributed by atoms with E-state index in [1.54, 1.807) is 0 Å². The summed E-state index contributed by atoms with van der Waals surface area (Å²) in [4.78, 5) is 99.0. The first-order valence-corrected chi connectivity index (χ1v) is 39.1. The summed E-state index contributed by atoms with van der Waals surface area (Å²) in [6, 6.07) is 32.0. The summed E-state index contributed by atoms with van der Waals surface area (Å²) in [6.45, 7) is 27.6. The lowest BCUT2D eigenvalue weighted by Crippen LogP contribution is -2.23. The van der Waals surface area contributed by atoms with Gasteiger partial charge < -0.3 is 43.6 Å². The summed E-state index contributed by atoms with van der Waals surface area (Å²) >= 11 is 0. The number of nitrogens with one attached hydrogen (secondary N) is 4. The van der Waals surface area contributed by atoms with Crippen LogP contribution >= 0.6 is 0 Å². The minimum absolute atomic E-state index is 0. The number of H-pyrrole nitrogens is 4. The maximum Gasteiger partial charge on any atom is 0.305 e. The van der Waals surface area contributed by atoms with Crippen molar-refractivity contribution in [3.05, 3.63) is 186 Å². The molecule has 0 fully saturated rings. The van der Waals surface area contributed by atoms with Gasteiger partial charge in [-0.25, -0.2) is 15.0 Å². The number of ether oxygens (including phenoxy) is 5. The molecule has 0 spiro atoms. The SMILES string of the molecule is C.CCC1=C(CC)c2nc1cc1[nH]c(cc3[nH]c(cc4nc(c2-c2ccccc2COC(C)=O)C(CC)=C4CC)c(C)c3CCC(=O)OC)c(CCC(=O)OC)c1C.CCC1=C(CC)c2nc1cc1[nH]c(cc3[nH]c(cc4nc5c(cc6ccccc6c25)C4(CC)CC)c(C)c3CCC(=O)OC)c(CCC(=O)OC)c1C. The molecule has 4 N–H and O–H groups in total. The third kappa shape index (κ3) is 15.4. The number of carbonyl (C=O) groups is 5. The second-order valence-corrected chi connectivity index (χ2v) is 28.9. The topological polar surface area (TPSA) is 246 Å². The van der Waals surface area contributed by atoms with Crippen LogP contribution < -0.4 is 0 Å². The molecule has 9 aromatic rings. The van der Waals surface area contributed by atoms with Crippen LogP contribution in [-0.2, 0) is 85.4 Å². The van der Waals surface area contributed by atoms with Crippen LogP contribution in [0.1, 0.15) is 242 Å². The summed E-state index contributed by atoms with van der Waals surface area (Å²) in [5.74, 6) is -1.41. The smallest absolute Gasteiger partial charge is 0.305 e. The molecule has 0 amide bonds. The van der Waals surface area contributed by atoms with Crippen molar-refractivity contribution in [2.45, 2.75) is 212 Å². The normalized spacial score (nSPS) is 13.1. The van der Waals surface area contributed by atoms with Gasteiger partial charge in [-0.1, -0.05) is 111 Å². The maximum atomic E-state index is 12.5. The lowest BCUT2D eigenvalue weighted by molar-refractivity contribution is -0.142. The number of carbonyl (C=O) groups excluding carboxylic acids is 5. The fourth-order valence-electron chi connectivity index (χ4n) is 17.2. The Morgan fingerprint density at radius 3 is 1.15 bits per heavy atom. The molecule has 111 heavy (non-hydrogen) atoms. The van der Waals surface area contributed by atoms with E-state index in [0.717, 1.165) is 235 Å². The summed E-state index contributed by atoms with van der Waals surface area (Å²) in [5.41, 5.74) is 33.8. The predicted molar refractivity (Wildman–Crippen MR) is 448 cm³/mol. The molecule has 0 atom stereocenters. The van der Waals surface area contributed by atoms with E-state index in [1.165, 1.54) is 57.5 Å². The predicted octanol–water partition coefficient (Wildman–Crippen LogP) is 21.3. The summed E-state index contributed by atoms with van der Waals surface area (Å²) < 4.78 is 25.8. The molecule has 6 aromatic heterocycles. The molecule has 18 nitrogen and oxygen atoms in total. The molecule has 10 heterocycles. The van der Waals surface area contributed by atoms with E-state index < -0.39 is 0 Å². The molecule has 13 rings (SSSR count). The van der Waals surface area contributed by atoms with Crippen LogP contribution in [0.4, 0.5) is 0 Å². The van der Waals surface area contributed by atoms with E-state index in [9.17, 15) is 24.0 Å². The van der Waals surface area contributed by atoms with E-state index in [2.05, 4.69) is 176 Å². The van der Waals surface area contributed by atoms with E-state index in [-0.39, 0.29) is 75.0 Å². The molecule has 16 bridgehead atoms. The van der Waals surface area contributed by atoms with Crippen LogP contribution in [0.3, 0.4) is 0 Å². The fraction of sp³-hybridized carbons (Fsp3) is 0.387. The molecule has 0 radical (unpaired) electrons. The minimum atomic E-state index is -0.347. The average molecular weight is 1500 g/mol. The number of aryl methyl sites for hydroxylation is 8. The quantitative estimate of drug-likeness (QED) is 0.0344. The summed E-state index contributed by atoms with van der Waals surface area (Å²) in [5, 5.41) is 3.44. The second kappa shape index (κ2) is 34.5. The Labute approximate surface area is 651 Å². The van der Waals surface area contributed by atoms with E-state index in [4.69, 9.17) is 43.6 Å². The number of methoxy groups -OCH3 is 4. The highest BCUT2D eigenvalue weighted by Crippen LogP contribution is 2.51. The zero-order valence-electron chi connectivity index (χ0n) is 67.1. The number of nitrogens with zero attached hydrogens (tertiary/aromatic N) is 4. The number of allylic oxidation sites excluding steroid dienone is 6. The van der Waals surface area contributed by atoms with Gasteiger partial charge in [-0.15, -0.1) is 0 Å². The van der Waals surface area contributed by atoms with Crippen molar-refractivity contribution < 1.29 is 47.7 Å². The number of fused-ring (bicyclic) bond motifs is 18. The fourth-order valence-corrected chi connectivity index (χ4v) is 17.2. The molecule has 3 aromatic carbocycles. The number of hydrogen-bond acceptors (Lipinski definition) is 14. The van der Waals surface area contributed by atoms with Gasteiger partial charge >= 0.3 is 29.8 Å². The molecule has 0 aliphatic carbocycles. The number of hydrogen-bond donors (Lipinski definition) is 4. The van der Waals surface area contributed by atoms with Gasteiger partial charge in [0.1, 0.15) is 6.61 Å². The maximum absolute atomic E-state index is 12.5. The van der Waals surface area contributed by atoms with Gasteiger partial charge in [-0.3, -0.25) is 29.0 Å². The average Bonchev–Trinajstić information content (AvgIpc) is 1.57. The van der Waals surface area contributed by atoms with Crippen molar-refractivity contribution in [2.24, 2.45) is 0 Å². The van der Waals surface area contributed by atoms with Crippen LogP contribution in [-0.4, -0.2) is 98.2 Å². The first kappa shape index (κ1) is 81.0. The number of rotatable bonds is 23. The van der Waals surface area contributed by atoms with Gasteiger partial charge in [0, 0.05) is 93.1 Å². The minimum Gasteiger partial charge on any atom is -0.469 e. The Morgan fingerprint density at radius 2 is 0.775 bits per heavy atom. The van der Waals surface area contributed by atoms with Gasteiger partial charge in [0.05, 0.1) is 73.8 Å². The summed E-state index contributed by atoms with van der Waals surface area (Å²) in [6.07, 6.45) is 9.44. The van der Waals surface area contributed by atoms with E-state index in [0.29, 0.717) is 25.7 Å². The highest BCUT2D eigenvalue weighted by molar-refractivity contribution is 6.15. The van der Waals surface area contributed by atoms with Crippen molar-refractivity contribution in [2.75, 3.05) is 28.4 Å². The zero-order valence-corrected chi connectivity index (χ0v) is 67.1. The molecular formula is C93H108N8O10.